The van der Waals surface area contributed by atoms with E-state index in [1.807, 2.05) is 62.1 Å². The highest BCUT2D eigenvalue weighted by atomic mass is 16.1. The Bertz CT molecular complexity index is 933. The molecule has 4 heteroatoms. The Morgan fingerprint density at radius 3 is 1.04 bits per heavy atom. The molecular formula is C24H21NO3. The van der Waals surface area contributed by atoms with Crippen molar-refractivity contribution >= 4 is 35.9 Å². The molecule has 0 heterocycles. The van der Waals surface area contributed by atoms with Gasteiger partial charge in [0.1, 0.15) is 18.9 Å². The van der Waals surface area contributed by atoms with Gasteiger partial charge in [0.15, 0.2) is 0 Å². The van der Waals surface area contributed by atoms with Gasteiger partial charge in [0, 0.05) is 33.8 Å². The second kappa shape index (κ2) is 8.01. The van der Waals surface area contributed by atoms with Gasteiger partial charge < -0.3 is 4.90 Å². The summed E-state index contributed by atoms with van der Waals surface area (Å²) in [4.78, 5) is 35.6. The van der Waals surface area contributed by atoms with E-state index in [9.17, 15) is 14.4 Å². The van der Waals surface area contributed by atoms with Crippen LogP contribution >= 0.6 is 0 Å². The molecule has 0 spiro atoms. The molecule has 3 aromatic carbocycles. The van der Waals surface area contributed by atoms with Crippen molar-refractivity contribution in [3.63, 3.8) is 0 Å². The molecule has 3 rings (SSSR count). The van der Waals surface area contributed by atoms with Crippen molar-refractivity contribution in [1.29, 1.82) is 0 Å². The molecule has 0 aromatic heterocycles. The molecule has 0 saturated carbocycles. The fourth-order valence-electron chi connectivity index (χ4n) is 3.24. The Morgan fingerprint density at radius 2 is 0.821 bits per heavy atom. The second-order valence-electron chi connectivity index (χ2n) is 6.81. The lowest BCUT2D eigenvalue weighted by atomic mass is 10.0. The Labute approximate surface area is 164 Å². The van der Waals surface area contributed by atoms with Crippen LogP contribution in [-0.4, -0.2) is 18.9 Å². The smallest absolute Gasteiger partial charge is 0.150 e. The number of carbonyl (C=O) groups is 3. The number of anilines is 3. The molecule has 0 bridgehead atoms. The lowest BCUT2D eigenvalue weighted by Crippen LogP contribution is -2.11. The minimum atomic E-state index is 0.642. The predicted octanol–water partition coefficient (Wildman–Crippen LogP) is 5.52. The van der Waals surface area contributed by atoms with Gasteiger partial charge in [-0.3, -0.25) is 14.4 Å². The van der Waals surface area contributed by atoms with E-state index < -0.39 is 0 Å². The van der Waals surface area contributed by atoms with Gasteiger partial charge in [-0.15, -0.1) is 0 Å². The molecule has 0 aliphatic carbocycles. The fraction of sp³-hybridized carbons (Fsp3) is 0.125. The summed E-state index contributed by atoms with van der Waals surface area (Å²) < 4.78 is 0. The van der Waals surface area contributed by atoms with Crippen LogP contribution in [0.15, 0.2) is 54.6 Å². The lowest BCUT2D eigenvalue weighted by molar-refractivity contribution is 0.111. The van der Waals surface area contributed by atoms with Crippen LogP contribution in [0, 0.1) is 20.8 Å². The zero-order chi connectivity index (χ0) is 20.3. The summed E-state index contributed by atoms with van der Waals surface area (Å²) in [5.41, 5.74) is 7.22. The van der Waals surface area contributed by atoms with Crippen LogP contribution in [0.3, 0.4) is 0 Å². The van der Waals surface area contributed by atoms with Gasteiger partial charge >= 0.3 is 0 Å². The monoisotopic (exact) mass is 371 g/mol. The van der Waals surface area contributed by atoms with Crippen LogP contribution in [0.1, 0.15) is 47.8 Å². The van der Waals surface area contributed by atoms with E-state index in [2.05, 4.69) is 0 Å². The molecule has 0 aliphatic heterocycles. The topological polar surface area (TPSA) is 54.5 Å². The molecule has 0 radical (unpaired) electrons. The Kier molecular flexibility index (Phi) is 5.50. The first-order valence-electron chi connectivity index (χ1n) is 8.96. The Morgan fingerprint density at radius 1 is 0.536 bits per heavy atom. The Hall–Kier alpha value is -3.53. The Balaban J connectivity index is 2.21. The number of benzene rings is 3. The summed E-state index contributed by atoms with van der Waals surface area (Å²) in [6.45, 7) is 5.69. The van der Waals surface area contributed by atoms with E-state index in [-0.39, 0.29) is 0 Å². The zero-order valence-electron chi connectivity index (χ0n) is 16.1. The fourth-order valence-corrected chi connectivity index (χ4v) is 3.24. The van der Waals surface area contributed by atoms with Crippen LogP contribution in [0.2, 0.25) is 0 Å². The number of hydrogen-bond donors (Lipinski definition) is 0. The number of hydrogen-bond acceptors (Lipinski definition) is 4. The largest absolute Gasteiger partial charge is 0.310 e. The summed E-state index contributed by atoms with van der Waals surface area (Å²) in [7, 11) is 0. The van der Waals surface area contributed by atoms with E-state index in [4.69, 9.17) is 0 Å². The van der Waals surface area contributed by atoms with Gasteiger partial charge in [0.2, 0.25) is 0 Å². The average Bonchev–Trinajstić information content (AvgIpc) is 2.69. The highest BCUT2D eigenvalue weighted by Crippen LogP contribution is 2.36. The summed E-state index contributed by atoms with van der Waals surface area (Å²) >= 11 is 0. The third-order valence-corrected chi connectivity index (χ3v) is 4.92. The first kappa shape index (κ1) is 19.2. The van der Waals surface area contributed by atoms with Crippen LogP contribution in [-0.2, 0) is 0 Å². The molecule has 0 unspecified atom stereocenters. The van der Waals surface area contributed by atoms with Crippen molar-refractivity contribution in [3.8, 4) is 0 Å². The molecular weight excluding hydrogens is 350 g/mol. The van der Waals surface area contributed by atoms with Crippen molar-refractivity contribution in [2.75, 3.05) is 4.90 Å². The third-order valence-electron chi connectivity index (χ3n) is 4.92. The van der Waals surface area contributed by atoms with Crippen LogP contribution in [0.25, 0.3) is 0 Å². The molecule has 4 nitrogen and oxygen atoms in total. The van der Waals surface area contributed by atoms with Gasteiger partial charge in [0.05, 0.1) is 0 Å². The van der Waals surface area contributed by atoms with Crippen LogP contribution < -0.4 is 4.90 Å². The third kappa shape index (κ3) is 3.62. The number of rotatable bonds is 6. The van der Waals surface area contributed by atoms with E-state index >= 15 is 0 Å². The number of aldehydes is 3. The van der Waals surface area contributed by atoms with Gasteiger partial charge in [-0.2, -0.15) is 0 Å². The van der Waals surface area contributed by atoms with Crippen molar-refractivity contribution in [3.05, 3.63) is 88.0 Å². The van der Waals surface area contributed by atoms with Crippen molar-refractivity contribution < 1.29 is 14.4 Å². The average molecular weight is 371 g/mol. The van der Waals surface area contributed by atoms with E-state index in [0.717, 1.165) is 52.6 Å². The highest BCUT2D eigenvalue weighted by Gasteiger charge is 2.15. The lowest BCUT2D eigenvalue weighted by Gasteiger charge is -2.27. The van der Waals surface area contributed by atoms with Gasteiger partial charge in [-0.25, -0.2) is 0 Å². The standard InChI is InChI=1S/C24H21NO3/c1-16-10-22(7-4-19(16)13-26)25(23-8-5-20(14-27)17(2)11-23)24-9-6-21(15-28)18(3)12-24/h4-15H,1-3H3. The van der Waals surface area contributed by atoms with Crippen LogP contribution in [0.5, 0.6) is 0 Å². The maximum Gasteiger partial charge on any atom is 0.150 e. The van der Waals surface area contributed by atoms with Crippen molar-refractivity contribution in [2.24, 2.45) is 0 Å². The first-order valence-corrected chi connectivity index (χ1v) is 8.96. The molecule has 0 aliphatic rings. The quantitative estimate of drug-likeness (QED) is 0.536. The van der Waals surface area contributed by atoms with Crippen molar-refractivity contribution in [2.45, 2.75) is 20.8 Å². The number of carbonyl (C=O) groups excluding carboxylic acids is 3. The number of nitrogens with zero attached hydrogens (tertiary/aromatic N) is 1. The molecule has 140 valence electrons. The summed E-state index contributed by atoms with van der Waals surface area (Å²) in [6, 6.07) is 16.9. The normalized spacial score (nSPS) is 10.4. The molecule has 0 amide bonds. The molecule has 3 aromatic rings. The van der Waals surface area contributed by atoms with Gasteiger partial charge in [0.25, 0.3) is 0 Å². The minimum Gasteiger partial charge on any atom is -0.310 e. The maximum absolute atomic E-state index is 11.2. The summed E-state index contributed by atoms with van der Waals surface area (Å²) in [5.74, 6) is 0. The molecule has 0 N–H and O–H groups in total. The number of aryl methyl sites for hydroxylation is 3. The maximum atomic E-state index is 11.2. The minimum absolute atomic E-state index is 0.642. The van der Waals surface area contributed by atoms with E-state index in [1.54, 1.807) is 18.2 Å². The van der Waals surface area contributed by atoms with Gasteiger partial charge in [-0.05, 0) is 92.1 Å². The highest BCUT2D eigenvalue weighted by molar-refractivity contribution is 5.86. The summed E-state index contributed by atoms with van der Waals surface area (Å²) in [5, 5.41) is 0. The molecule has 28 heavy (non-hydrogen) atoms. The molecule has 0 atom stereocenters. The van der Waals surface area contributed by atoms with E-state index in [0.29, 0.717) is 16.7 Å². The van der Waals surface area contributed by atoms with Crippen molar-refractivity contribution in [1.82, 2.24) is 0 Å². The molecule has 0 saturated heterocycles. The zero-order valence-corrected chi connectivity index (χ0v) is 16.1. The predicted molar refractivity (Wildman–Crippen MR) is 111 cm³/mol. The second-order valence-corrected chi connectivity index (χ2v) is 6.81. The van der Waals surface area contributed by atoms with E-state index in [1.165, 1.54) is 0 Å². The van der Waals surface area contributed by atoms with Crippen LogP contribution in [0.4, 0.5) is 17.1 Å². The SMILES string of the molecule is Cc1cc(N(c2ccc(C=O)c(C)c2)c2ccc(C=O)c(C)c2)ccc1C=O. The van der Waals surface area contributed by atoms with Gasteiger partial charge in [-0.1, -0.05) is 0 Å². The first-order chi connectivity index (χ1) is 13.5. The summed E-state index contributed by atoms with van der Waals surface area (Å²) in [6.07, 6.45) is 2.53. The molecule has 0 fully saturated rings.